The van der Waals surface area contributed by atoms with Crippen LogP contribution in [0.5, 0.6) is 17.4 Å². The lowest BCUT2D eigenvalue weighted by atomic mass is 10.0. The number of hydrogen-bond acceptors (Lipinski definition) is 9. The molecule has 11 nitrogen and oxygen atoms in total. The van der Waals surface area contributed by atoms with Gasteiger partial charge in [0, 0.05) is 22.1 Å². The first-order valence-electron chi connectivity index (χ1n) is 15.6. The minimum absolute atomic E-state index is 0.0999. The molecule has 0 unspecified atom stereocenters. The van der Waals surface area contributed by atoms with Gasteiger partial charge in [-0.25, -0.2) is 19.7 Å². The van der Waals surface area contributed by atoms with Crippen molar-refractivity contribution < 1.29 is 28.5 Å². The van der Waals surface area contributed by atoms with Crippen LogP contribution >= 0.6 is 23.2 Å². The van der Waals surface area contributed by atoms with Gasteiger partial charge in [0.15, 0.2) is 11.2 Å². The molecule has 1 saturated heterocycles. The van der Waals surface area contributed by atoms with E-state index in [1.807, 2.05) is 43.5 Å². The Bertz CT molecular complexity index is 1820. The molecule has 2 amide bonds. The summed E-state index contributed by atoms with van der Waals surface area (Å²) in [4.78, 5) is 40.5. The first-order chi connectivity index (χ1) is 22.5. The number of fused-ring (bicyclic) bond motifs is 1. The lowest BCUT2D eigenvalue weighted by Gasteiger charge is -2.25. The lowest BCUT2D eigenvalue weighted by Crippen LogP contribution is -2.44. The number of nitrogens with zero attached hydrogens (tertiary/aromatic N) is 5. The number of benzene rings is 2. The third kappa shape index (κ3) is 6.82. The monoisotopic (exact) mass is 681 g/mol. The largest absolute Gasteiger partial charge is 0.496 e. The number of methoxy groups -OCH3 is 1. The van der Waals surface area contributed by atoms with Crippen LogP contribution in [-0.4, -0.2) is 68.4 Å². The molecule has 6 rings (SSSR count). The van der Waals surface area contributed by atoms with Gasteiger partial charge in [-0.05, 0) is 68.5 Å². The van der Waals surface area contributed by atoms with Gasteiger partial charge in [-0.3, -0.25) is 4.79 Å². The van der Waals surface area contributed by atoms with Crippen LogP contribution in [0.2, 0.25) is 10.0 Å². The Labute approximate surface area is 283 Å². The number of aromatic nitrogens is 4. The summed E-state index contributed by atoms with van der Waals surface area (Å²) in [5.74, 6) is 1.57. The van der Waals surface area contributed by atoms with Gasteiger partial charge < -0.3 is 23.5 Å². The zero-order chi connectivity index (χ0) is 33.5. The molecular weight excluding hydrogens is 645 g/mol. The van der Waals surface area contributed by atoms with Crippen LogP contribution in [0.3, 0.4) is 0 Å². The van der Waals surface area contributed by atoms with Crippen molar-refractivity contribution in [1.82, 2.24) is 24.4 Å². The van der Waals surface area contributed by atoms with Gasteiger partial charge in [0.25, 0.3) is 0 Å². The fourth-order valence-electron chi connectivity index (χ4n) is 5.56. The Kier molecular flexibility index (Phi) is 9.22. The zero-order valence-corrected chi connectivity index (χ0v) is 28.5. The minimum atomic E-state index is -0.588. The molecule has 2 atom stereocenters. The number of imidazole rings is 1. The fourth-order valence-corrected chi connectivity index (χ4v) is 6.01. The molecule has 0 spiro atoms. The third-order valence-electron chi connectivity index (χ3n) is 8.70. The van der Waals surface area contributed by atoms with Crippen LogP contribution < -0.4 is 14.2 Å². The number of cyclic esters (lactones) is 1. The van der Waals surface area contributed by atoms with Crippen molar-refractivity contribution in [3.8, 4) is 28.8 Å². The summed E-state index contributed by atoms with van der Waals surface area (Å²) in [5.41, 5.74) is 2.31. The second-order valence-corrected chi connectivity index (χ2v) is 13.5. The van der Waals surface area contributed by atoms with Gasteiger partial charge in [-0.15, -0.1) is 0 Å². The predicted octanol–water partition coefficient (Wildman–Crippen LogP) is 7.20. The van der Waals surface area contributed by atoms with Gasteiger partial charge in [0.1, 0.15) is 35.9 Å². The Morgan fingerprint density at radius 3 is 2.62 bits per heavy atom. The zero-order valence-electron chi connectivity index (χ0n) is 27.0. The van der Waals surface area contributed by atoms with E-state index in [1.54, 1.807) is 32.2 Å². The molecule has 1 aliphatic heterocycles. The number of hydrogen-bond donors (Lipinski definition) is 0. The summed E-state index contributed by atoms with van der Waals surface area (Å²) in [6.45, 7) is 8.57. The molecule has 1 aliphatic carbocycles. The normalized spacial score (nSPS) is 17.6. The van der Waals surface area contributed by atoms with Crippen LogP contribution in [-0.2, 0) is 16.1 Å². The number of halogens is 2. The van der Waals surface area contributed by atoms with Gasteiger partial charge in [0.2, 0.25) is 11.8 Å². The molecule has 4 aromatic rings. The topological polar surface area (TPSA) is 118 Å². The molecule has 0 bridgehead atoms. The number of ether oxygens (including phenoxy) is 4. The maximum atomic E-state index is 13.1. The Hall–Kier alpha value is -4.09. The molecule has 13 heteroatoms. The van der Waals surface area contributed by atoms with Crippen molar-refractivity contribution in [1.29, 1.82) is 0 Å². The fraction of sp³-hybridized carbons (Fsp3) is 0.441. The highest BCUT2D eigenvalue weighted by Gasteiger charge is 2.42. The average molecular weight is 683 g/mol. The molecule has 0 N–H and O–H groups in total. The standard InChI is InChI=1S/C34H37Cl2N5O6/c1-19(2)26-17-46-33(43)41(26)32(42)20(3)10-13-45-23-7-8-24(25(36)15-23)29-39-28-30(37-18-38-31(28)47-34(4)11-12-34)40(29)16-21-14-22(35)6-9-27(21)44-5/h6-9,14-15,18-20,26H,10-13,16-17H2,1-5H3/t20-,26+/m0/s1. The molecule has 1 saturated carbocycles. The lowest BCUT2D eigenvalue weighted by molar-refractivity contribution is -0.133. The van der Waals surface area contributed by atoms with Crippen molar-refractivity contribution >= 4 is 46.4 Å². The Balaban J connectivity index is 1.25. The molecule has 2 fully saturated rings. The summed E-state index contributed by atoms with van der Waals surface area (Å²) in [7, 11) is 1.61. The molecule has 248 valence electrons. The van der Waals surface area contributed by atoms with E-state index in [9.17, 15) is 9.59 Å². The molecule has 2 aromatic carbocycles. The maximum absolute atomic E-state index is 13.1. The SMILES string of the molecule is COc1ccc(Cl)cc1Cn1c(-c2ccc(OCC[C@H](C)C(=O)N3C(=O)OC[C@@H]3C(C)C)cc2Cl)nc2c(OC3(C)CC3)ncnc21. The number of carbonyl (C=O) groups excluding carboxylic acids is 2. The van der Waals surface area contributed by atoms with Crippen molar-refractivity contribution in [2.24, 2.45) is 11.8 Å². The highest BCUT2D eigenvalue weighted by Crippen LogP contribution is 2.42. The van der Waals surface area contributed by atoms with Gasteiger partial charge in [-0.1, -0.05) is 44.0 Å². The second kappa shape index (κ2) is 13.2. The first kappa shape index (κ1) is 32.8. The third-order valence-corrected chi connectivity index (χ3v) is 9.25. The van der Waals surface area contributed by atoms with Gasteiger partial charge >= 0.3 is 6.09 Å². The van der Waals surface area contributed by atoms with Crippen molar-refractivity contribution in [2.45, 2.75) is 65.1 Å². The molecule has 0 radical (unpaired) electrons. The summed E-state index contributed by atoms with van der Waals surface area (Å²) in [5, 5.41) is 0.980. The van der Waals surface area contributed by atoms with Crippen LogP contribution in [0.15, 0.2) is 42.7 Å². The molecular formula is C34H37Cl2N5O6. The van der Waals surface area contributed by atoms with E-state index in [4.69, 9.17) is 47.1 Å². The number of carbonyl (C=O) groups is 2. The quantitative estimate of drug-likeness (QED) is 0.153. The molecule has 3 heterocycles. The van der Waals surface area contributed by atoms with E-state index in [-0.39, 0.29) is 36.7 Å². The van der Waals surface area contributed by atoms with E-state index < -0.39 is 12.0 Å². The van der Waals surface area contributed by atoms with Crippen molar-refractivity contribution in [3.63, 3.8) is 0 Å². The van der Waals surface area contributed by atoms with Gasteiger partial charge in [0.05, 0.1) is 31.3 Å². The summed E-state index contributed by atoms with van der Waals surface area (Å²) < 4.78 is 25.0. The van der Waals surface area contributed by atoms with Gasteiger partial charge in [-0.2, -0.15) is 4.98 Å². The van der Waals surface area contributed by atoms with Crippen molar-refractivity contribution in [2.75, 3.05) is 20.3 Å². The smallest absolute Gasteiger partial charge is 0.416 e. The Morgan fingerprint density at radius 2 is 1.91 bits per heavy atom. The van der Waals surface area contributed by atoms with E-state index >= 15 is 0 Å². The van der Waals surface area contributed by atoms with Crippen LogP contribution in [0.25, 0.3) is 22.6 Å². The average Bonchev–Trinajstić information content (AvgIpc) is 3.45. The second-order valence-electron chi connectivity index (χ2n) is 12.7. The van der Waals surface area contributed by atoms with Crippen molar-refractivity contribution in [3.05, 3.63) is 58.3 Å². The Morgan fingerprint density at radius 1 is 1.13 bits per heavy atom. The summed E-state index contributed by atoms with van der Waals surface area (Å²) in [6.07, 6.45) is 3.17. The highest BCUT2D eigenvalue weighted by molar-refractivity contribution is 6.33. The van der Waals surface area contributed by atoms with Crippen LogP contribution in [0, 0.1) is 11.8 Å². The number of rotatable bonds is 12. The number of imide groups is 1. The molecule has 2 aromatic heterocycles. The van der Waals surface area contributed by atoms with Crippen LogP contribution in [0.1, 0.15) is 52.5 Å². The summed E-state index contributed by atoms with van der Waals surface area (Å²) >= 11 is 13.3. The van der Waals surface area contributed by atoms with E-state index in [2.05, 4.69) is 9.97 Å². The number of amides is 2. The van der Waals surface area contributed by atoms with Crippen LogP contribution in [0.4, 0.5) is 4.79 Å². The summed E-state index contributed by atoms with van der Waals surface area (Å²) in [6, 6.07) is 10.5. The first-order valence-corrected chi connectivity index (χ1v) is 16.4. The van der Waals surface area contributed by atoms with E-state index in [1.165, 1.54) is 11.2 Å². The van der Waals surface area contributed by atoms with E-state index in [0.717, 1.165) is 18.4 Å². The minimum Gasteiger partial charge on any atom is -0.496 e. The van der Waals surface area contributed by atoms with E-state index in [0.29, 0.717) is 62.9 Å². The maximum Gasteiger partial charge on any atom is 0.416 e. The highest BCUT2D eigenvalue weighted by atomic mass is 35.5. The predicted molar refractivity (Wildman–Crippen MR) is 177 cm³/mol. The molecule has 2 aliphatic rings. The molecule has 47 heavy (non-hydrogen) atoms.